The van der Waals surface area contributed by atoms with E-state index < -0.39 is 95.5 Å². The van der Waals surface area contributed by atoms with Gasteiger partial charge in [-0.25, -0.2) is 9.78 Å². The van der Waals surface area contributed by atoms with Crippen LogP contribution in [0.25, 0.3) is 0 Å². The number of carbonyl (C=O) groups is 8. The molecule has 2 aromatic carbocycles. The van der Waals surface area contributed by atoms with E-state index >= 15 is 0 Å². The zero-order chi connectivity index (χ0) is 52.2. The van der Waals surface area contributed by atoms with Gasteiger partial charge in [-0.2, -0.15) is 0 Å². The number of likely N-dealkylation sites (N-methyl/N-ethyl adjacent to an activating group) is 2. The number of aliphatic imine (C=N–C) groups is 1. The van der Waals surface area contributed by atoms with Gasteiger partial charge in [-0.05, 0) is 68.8 Å². The van der Waals surface area contributed by atoms with Gasteiger partial charge in [0.15, 0.2) is 5.96 Å². The number of amides is 7. The smallest absolute Gasteiger partial charge is 0.326 e. The van der Waals surface area contributed by atoms with Crippen LogP contribution in [-0.2, 0) is 57.6 Å². The van der Waals surface area contributed by atoms with Gasteiger partial charge >= 0.3 is 5.97 Å². The fraction of sp³-hybridized carbons (Fsp3) is 0.500. The molecular weight excluding hydrogens is 919 g/mol. The summed E-state index contributed by atoms with van der Waals surface area (Å²) >= 11 is 0. The first-order chi connectivity index (χ1) is 33.8. The van der Waals surface area contributed by atoms with Crippen molar-refractivity contribution in [1.29, 1.82) is 0 Å². The van der Waals surface area contributed by atoms with Crippen LogP contribution in [0.15, 0.2) is 72.1 Å². The Hall–Kier alpha value is -7.56. The van der Waals surface area contributed by atoms with Gasteiger partial charge in [0.25, 0.3) is 0 Å². The third-order valence-electron chi connectivity index (χ3n) is 12.4. The summed E-state index contributed by atoms with van der Waals surface area (Å²) < 4.78 is 0. The van der Waals surface area contributed by atoms with E-state index in [1.54, 1.807) is 63.4 Å². The maximum absolute atomic E-state index is 14.5. The predicted molar refractivity (Wildman–Crippen MR) is 262 cm³/mol. The molecule has 0 saturated carbocycles. The summed E-state index contributed by atoms with van der Waals surface area (Å²) in [6, 6.07) is 6.31. The maximum atomic E-state index is 14.5. The summed E-state index contributed by atoms with van der Waals surface area (Å²) in [6.07, 6.45) is 4.23. The number of rotatable bonds is 27. The Morgan fingerprint density at radius 2 is 1.51 bits per heavy atom. The van der Waals surface area contributed by atoms with E-state index in [4.69, 9.17) is 11.5 Å². The van der Waals surface area contributed by atoms with Gasteiger partial charge in [0, 0.05) is 51.3 Å². The molecule has 2 heterocycles. The van der Waals surface area contributed by atoms with Crippen LogP contribution >= 0.6 is 0 Å². The summed E-state index contributed by atoms with van der Waals surface area (Å²) in [5, 5.41) is 36.3. The Morgan fingerprint density at radius 3 is 2.13 bits per heavy atom. The molecule has 23 nitrogen and oxygen atoms in total. The number of carboxylic acids is 1. The second-order valence-corrected chi connectivity index (χ2v) is 17.6. The van der Waals surface area contributed by atoms with E-state index in [0.29, 0.717) is 36.1 Å². The topological polar surface area (TPSA) is 349 Å². The molecular formula is C48H69N13O10. The highest BCUT2D eigenvalue weighted by atomic mass is 16.4. The molecule has 1 saturated heterocycles. The average Bonchev–Trinajstić information content (AvgIpc) is 4.06. The normalized spacial score (nSPS) is 16.1. The molecule has 0 unspecified atom stereocenters. The molecule has 1 aliphatic heterocycles. The third-order valence-corrected chi connectivity index (χ3v) is 12.4. The first kappa shape index (κ1) is 56.0. The number of carboxylic acid groups (broad SMARTS) is 1. The van der Waals surface area contributed by atoms with Crippen molar-refractivity contribution >= 4 is 53.3 Å². The van der Waals surface area contributed by atoms with Crippen LogP contribution in [0.2, 0.25) is 0 Å². The lowest BCUT2D eigenvalue weighted by Gasteiger charge is -2.32. The van der Waals surface area contributed by atoms with E-state index in [2.05, 4.69) is 46.9 Å². The fourth-order valence-electron chi connectivity index (χ4n) is 8.00. The molecule has 23 heteroatoms. The summed E-state index contributed by atoms with van der Waals surface area (Å²) in [7, 11) is 2.95. The lowest BCUT2D eigenvalue weighted by Crippen LogP contribution is -2.61. The number of phenols is 1. The van der Waals surface area contributed by atoms with Gasteiger partial charge in [-0.3, -0.25) is 38.6 Å². The molecule has 0 aliphatic carbocycles. The molecule has 8 atom stereocenters. The monoisotopic (exact) mass is 988 g/mol. The Balaban J connectivity index is 1.56. The maximum Gasteiger partial charge on any atom is 0.326 e. The molecule has 71 heavy (non-hydrogen) atoms. The fourth-order valence-corrected chi connectivity index (χ4v) is 8.00. The second-order valence-electron chi connectivity index (χ2n) is 17.6. The highest BCUT2D eigenvalue weighted by Crippen LogP contribution is 2.21. The Labute approximate surface area is 412 Å². The first-order valence-electron chi connectivity index (χ1n) is 23.6. The number of aliphatic carboxylic acids is 1. The quantitative estimate of drug-likeness (QED) is 0.0243. The molecule has 13 N–H and O–H groups in total. The second kappa shape index (κ2) is 27.6. The van der Waals surface area contributed by atoms with E-state index in [1.807, 2.05) is 0 Å². The van der Waals surface area contributed by atoms with Crippen molar-refractivity contribution in [2.24, 2.45) is 22.4 Å². The number of nitrogens with zero attached hydrogens (tertiary/aromatic N) is 4. The van der Waals surface area contributed by atoms with Gasteiger partial charge in [-0.15, -0.1) is 0 Å². The molecule has 0 bridgehead atoms. The summed E-state index contributed by atoms with van der Waals surface area (Å²) in [5.41, 5.74) is 12.6. The average molecular weight is 988 g/mol. The molecule has 1 fully saturated rings. The number of phenolic OH excluding ortho intramolecular Hbond substituents is 1. The van der Waals surface area contributed by atoms with Crippen LogP contribution < -0.4 is 43.4 Å². The SMILES string of the molecule is CC[C@H](C)[C@H](NC(=O)[C@H](Cc1ccc(O)cc1)NC(=O)[C@H](C)N(C)C(=O)[C@H](CCCN=C(N)N)NC(=O)CNC)C(=O)N[C@@H](Cc1cnc[nH]1)C(=O)N1CCC[C@H]1C(=O)N[C@H](Cc1ccccc1)C(=O)O. The minimum atomic E-state index is -1.34. The number of aromatic amines is 1. The van der Waals surface area contributed by atoms with Crippen molar-refractivity contribution in [1.82, 2.24) is 51.7 Å². The van der Waals surface area contributed by atoms with Gasteiger partial charge in [0.1, 0.15) is 48.0 Å². The number of nitrogens with two attached hydrogens (primary N) is 2. The highest BCUT2D eigenvalue weighted by Gasteiger charge is 2.41. The molecule has 0 radical (unpaired) electrons. The molecule has 386 valence electrons. The van der Waals surface area contributed by atoms with Gasteiger partial charge in [-0.1, -0.05) is 62.7 Å². The van der Waals surface area contributed by atoms with Crippen molar-refractivity contribution in [3.05, 3.63) is 83.9 Å². The van der Waals surface area contributed by atoms with E-state index in [-0.39, 0.29) is 63.4 Å². The molecule has 7 amide bonds. The van der Waals surface area contributed by atoms with Gasteiger partial charge in [0.2, 0.25) is 41.4 Å². The number of hydrogen-bond acceptors (Lipinski definition) is 12. The number of imidazole rings is 1. The summed E-state index contributed by atoms with van der Waals surface area (Å²) in [5.74, 6) is -6.53. The van der Waals surface area contributed by atoms with Crippen molar-refractivity contribution in [2.75, 3.05) is 33.7 Å². The van der Waals surface area contributed by atoms with E-state index in [0.717, 1.165) is 4.90 Å². The van der Waals surface area contributed by atoms with Crippen LogP contribution in [0.1, 0.15) is 69.7 Å². The number of hydrogen-bond donors (Lipinski definition) is 11. The number of benzene rings is 2. The number of carbonyl (C=O) groups excluding carboxylic acids is 7. The predicted octanol–water partition coefficient (Wildman–Crippen LogP) is -1.19. The van der Waals surface area contributed by atoms with Crippen LogP contribution in [0.5, 0.6) is 5.75 Å². The molecule has 4 rings (SSSR count). The number of guanidine groups is 1. The van der Waals surface area contributed by atoms with E-state index in [9.17, 15) is 48.6 Å². The van der Waals surface area contributed by atoms with Crippen LogP contribution in [0.3, 0.4) is 0 Å². The summed E-state index contributed by atoms with van der Waals surface area (Å²) in [4.78, 5) is 123. The van der Waals surface area contributed by atoms with Crippen LogP contribution in [0.4, 0.5) is 0 Å². The van der Waals surface area contributed by atoms with E-state index in [1.165, 1.54) is 43.5 Å². The minimum Gasteiger partial charge on any atom is -0.508 e. The zero-order valence-electron chi connectivity index (χ0n) is 40.9. The lowest BCUT2D eigenvalue weighted by molar-refractivity contribution is -0.145. The standard InChI is InChI=1S/C48H69N13O10/c1-6-28(2)40(44(67)57-36(24-32-25-52-27-54-32)46(69)61-21-11-15-38(61)43(66)58-37(47(70)71)23-30-12-8-7-9-13-30)59-42(65)35(22-31-16-18-33(62)19-17-31)56-41(64)29(3)60(5)45(68)34(55-39(63)26-51-4)14-10-20-53-48(49)50/h7-9,12-13,16-19,25,27-29,34-38,40,51,62H,6,10-11,14-15,20-24,26H2,1-5H3,(H,52,54)(H,55,63)(H,56,64)(H,57,67)(H,58,66)(H,59,65)(H,70,71)(H4,49,50,53)/t28-,29-,34-,35-,36-,37+,38-,40-/m0/s1. The molecule has 1 aromatic heterocycles. The number of nitrogens with one attached hydrogen (secondary N) is 7. The lowest BCUT2D eigenvalue weighted by atomic mass is 9.96. The number of aromatic nitrogens is 2. The van der Waals surface area contributed by atoms with Crippen molar-refractivity contribution in [3.8, 4) is 5.75 Å². The first-order valence-corrected chi connectivity index (χ1v) is 23.6. The molecule has 3 aromatic rings. The molecule has 0 spiro atoms. The number of aromatic hydroxyl groups is 1. The van der Waals surface area contributed by atoms with Crippen LogP contribution in [-0.4, -0.2) is 159 Å². The number of likely N-dealkylation sites (tertiary alicyclic amines) is 1. The Bertz CT molecular complexity index is 2290. The van der Waals surface area contributed by atoms with Gasteiger partial charge in [0.05, 0.1) is 12.9 Å². The number of H-pyrrole nitrogens is 1. The summed E-state index contributed by atoms with van der Waals surface area (Å²) in [6.45, 7) is 5.24. The largest absolute Gasteiger partial charge is 0.508 e. The zero-order valence-corrected chi connectivity index (χ0v) is 40.9. The third kappa shape index (κ3) is 17.1. The minimum absolute atomic E-state index is 0.0153. The van der Waals surface area contributed by atoms with Crippen LogP contribution in [0, 0.1) is 5.92 Å². The van der Waals surface area contributed by atoms with Crippen molar-refractivity contribution in [3.63, 3.8) is 0 Å². The van der Waals surface area contributed by atoms with Gasteiger partial charge < -0.3 is 68.4 Å². The molecule has 1 aliphatic rings. The van der Waals surface area contributed by atoms with Crippen molar-refractivity contribution < 1.29 is 48.6 Å². The Kier molecular flexibility index (Phi) is 21.8. The Morgan fingerprint density at radius 1 is 0.845 bits per heavy atom. The van der Waals surface area contributed by atoms with Crippen molar-refractivity contribution in [2.45, 2.75) is 114 Å². The highest BCUT2D eigenvalue weighted by molar-refractivity contribution is 5.98.